The van der Waals surface area contributed by atoms with Gasteiger partial charge < -0.3 is 0 Å². The molecule has 1 rings (SSSR count). The van der Waals surface area contributed by atoms with Gasteiger partial charge in [0.25, 0.3) is 0 Å². The smallest absolute Gasteiger partial charge is 0.162 e. The number of nitrogens with zero attached hydrogens (tertiary/aromatic N) is 3. The molecule has 1 aromatic rings. The Balaban J connectivity index is 2.61. The molecule has 0 atom stereocenters. The van der Waals surface area contributed by atoms with Crippen molar-refractivity contribution >= 4 is 5.78 Å². The Kier molecular flexibility index (Phi) is 5.36. The molecule has 0 aromatic heterocycles. The second-order valence-electron chi connectivity index (χ2n) is 3.36. The molecule has 0 N–H and O–H groups in total. The van der Waals surface area contributed by atoms with Gasteiger partial charge >= 0.3 is 0 Å². The van der Waals surface area contributed by atoms with Crippen molar-refractivity contribution in [3.05, 3.63) is 45.8 Å². The third-order valence-corrected chi connectivity index (χ3v) is 2.16. The van der Waals surface area contributed by atoms with Crippen LogP contribution >= 0.6 is 0 Å². The standard InChI is InChI=1S/C13H13N3O/c1-2-13(17)12-8-6-11(7-9-12)5-3-4-10-15-16-14/h6-9H,2,4,10H2,1H3. The van der Waals surface area contributed by atoms with E-state index in [1.807, 2.05) is 19.1 Å². The molecule has 0 aliphatic rings. The Bertz CT molecular complexity index is 488. The second-order valence-corrected chi connectivity index (χ2v) is 3.36. The minimum Gasteiger partial charge on any atom is -0.294 e. The first-order valence-electron chi connectivity index (χ1n) is 5.41. The summed E-state index contributed by atoms with van der Waals surface area (Å²) in [4.78, 5) is 14.0. The molecule has 0 unspecified atom stereocenters. The predicted molar refractivity (Wildman–Crippen MR) is 66.6 cm³/mol. The lowest BCUT2D eigenvalue weighted by atomic mass is 10.1. The van der Waals surface area contributed by atoms with Gasteiger partial charge in [-0.3, -0.25) is 4.79 Å². The van der Waals surface area contributed by atoms with E-state index < -0.39 is 0 Å². The highest BCUT2D eigenvalue weighted by Gasteiger charge is 2.00. The zero-order chi connectivity index (χ0) is 12.5. The normalized spacial score (nSPS) is 8.76. The summed E-state index contributed by atoms with van der Waals surface area (Å²) >= 11 is 0. The highest BCUT2D eigenvalue weighted by molar-refractivity contribution is 5.95. The molecule has 0 amide bonds. The highest BCUT2D eigenvalue weighted by Crippen LogP contribution is 2.05. The van der Waals surface area contributed by atoms with Gasteiger partial charge in [-0.15, -0.1) is 0 Å². The number of rotatable bonds is 4. The van der Waals surface area contributed by atoms with Crippen molar-refractivity contribution in [1.29, 1.82) is 0 Å². The number of carbonyl (C=O) groups excluding carboxylic acids is 1. The van der Waals surface area contributed by atoms with Gasteiger partial charge in [0.1, 0.15) is 0 Å². The minimum absolute atomic E-state index is 0.132. The Labute approximate surface area is 100 Å². The van der Waals surface area contributed by atoms with Crippen molar-refractivity contribution in [2.75, 3.05) is 6.54 Å². The van der Waals surface area contributed by atoms with E-state index >= 15 is 0 Å². The van der Waals surface area contributed by atoms with E-state index in [9.17, 15) is 4.79 Å². The molecule has 0 bridgehead atoms. The number of hydrogen-bond acceptors (Lipinski definition) is 2. The molecule has 0 saturated carbocycles. The van der Waals surface area contributed by atoms with Gasteiger partial charge in [-0.05, 0) is 17.7 Å². The summed E-state index contributed by atoms with van der Waals surface area (Å²) in [5, 5.41) is 3.38. The molecule has 0 saturated heterocycles. The molecule has 1 aromatic carbocycles. The van der Waals surface area contributed by atoms with Crippen LogP contribution in [-0.4, -0.2) is 12.3 Å². The lowest BCUT2D eigenvalue weighted by Gasteiger charge is -1.96. The molecule has 0 radical (unpaired) electrons. The Hall–Kier alpha value is -2.24. The Morgan fingerprint density at radius 2 is 2.12 bits per heavy atom. The van der Waals surface area contributed by atoms with Crippen LogP contribution in [0.15, 0.2) is 29.4 Å². The van der Waals surface area contributed by atoms with Gasteiger partial charge in [0.05, 0.1) is 0 Å². The van der Waals surface area contributed by atoms with E-state index in [4.69, 9.17) is 5.53 Å². The quantitative estimate of drug-likeness (QED) is 0.194. The lowest BCUT2D eigenvalue weighted by Crippen LogP contribution is -1.95. The van der Waals surface area contributed by atoms with Crippen LogP contribution in [-0.2, 0) is 0 Å². The average molecular weight is 227 g/mol. The zero-order valence-corrected chi connectivity index (χ0v) is 9.68. The third kappa shape index (κ3) is 4.42. The maximum Gasteiger partial charge on any atom is 0.162 e. The van der Waals surface area contributed by atoms with E-state index in [0.29, 0.717) is 24.9 Å². The molecule has 86 valence electrons. The minimum atomic E-state index is 0.132. The van der Waals surface area contributed by atoms with Crippen molar-refractivity contribution in [3.63, 3.8) is 0 Å². The van der Waals surface area contributed by atoms with Crippen molar-refractivity contribution in [2.24, 2.45) is 5.11 Å². The van der Waals surface area contributed by atoms with E-state index in [2.05, 4.69) is 21.9 Å². The number of carbonyl (C=O) groups is 1. The highest BCUT2D eigenvalue weighted by atomic mass is 16.1. The topological polar surface area (TPSA) is 65.8 Å². The Morgan fingerprint density at radius 3 is 2.71 bits per heavy atom. The number of hydrogen-bond donors (Lipinski definition) is 0. The zero-order valence-electron chi connectivity index (χ0n) is 9.68. The van der Waals surface area contributed by atoms with Crippen LogP contribution in [0.25, 0.3) is 10.4 Å². The summed E-state index contributed by atoms with van der Waals surface area (Å²) in [5.74, 6) is 5.97. The summed E-state index contributed by atoms with van der Waals surface area (Å²) in [7, 11) is 0. The van der Waals surface area contributed by atoms with Gasteiger partial charge in [0.15, 0.2) is 5.78 Å². The lowest BCUT2D eigenvalue weighted by molar-refractivity contribution is 0.0988. The summed E-state index contributed by atoms with van der Waals surface area (Å²) in [6, 6.07) is 7.21. The SMILES string of the molecule is CCC(=O)c1ccc(C#CCCN=[N+]=[N-])cc1. The van der Waals surface area contributed by atoms with Crippen molar-refractivity contribution in [2.45, 2.75) is 19.8 Å². The van der Waals surface area contributed by atoms with Crippen LogP contribution in [0.3, 0.4) is 0 Å². The van der Waals surface area contributed by atoms with E-state index in [1.54, 1.807) is 12.1 Å². The molecule has 0 aliphatic carbocycles. The second kappa shape index (κ2) is 7.10. The first-order valence-corrected chi connectivity index (χ1v) is 5.41. The van der Waals surface area contributed by atoms with Crippen molar-refractivity contribution in [1.82, 2.24) is 0 Å². The van der Waals surface area contributed by atoms with Gasteiger partial charge in [-0.2, -0.15) is 0 Å². The van der Waals surface area contributed by atoms with Gasteiger partial charge in [0.2, 0.25) is 0 Å². The molecule has 4 heteroatoms. The summed E-state index contributed by atoms with van der Waals surface area (Å²) in [5.41, 5.74) is 9.64. The first kappa shape index (κ1) is 12.8. The molecule has 0 aliphatic heterocycles. The summed E-state index contributed by atoms with van der Waals surface area (Å²) < 4.78 is 0. The van der Waals surface area contributed by atoms with Crippen LogP contribution in [0, 0.1) is 11.8 Å². The van der Waals surface area contributed by atoms with Gasteiger partial charge in [-0.1, -0.05) is 36.0 Å². The van der Waals surface area contributed by atoms with Crippen molar-refractivity contribution in [3.8, 4) is 11.8 Å². The fourth-order valence-electron chi connectivity index (χ4n) is 1.26. The first-order chi connectivity index (χ1) is 8.27. The van der Waals surface area contributed by atoms with E-state index in [-0.39, 0.29) is 5.78 Å². The largest absolute Gasteiger partial charge is 0.294 e. The van der Waals surface area contributed by atoms with Gasteiger partial charge in [-0.25, -0.2) is 0 Å². The van der Waals surface area contributed by atoms with Crippen LogP contribution in [0.1, 0.15) is 35.7 Å². The summed E-state index contributed by atoms with van der Waals surface area (Å²) in [6.45, 7) is 2.22. The van der Waals surface area contributed by atoms with Crippen LogP contribution in [0.2, 0.25) is 0 Å². The third-order valence-electron chi connectivity index (χ3n) is 2.16. The average Bonchev–Trinajstić information content (AvgIpc) is 2.38. The van der Waals surface area contributed by atoms with Crippen LogP contribution in [0.4, 0.5) is 0 Å². The number of azide groups is 1. The molecular weight excluding hydrogens is 214 g/mol. The van der Waals surface area contributed by atoms with Crippen molar-refractivity contribution < 1.29 is 4.79 Å². The molecule has 0 spiro atoms. The number of Topliss-reactive ketones (excluding diaryl/α,β-unsaturated/α-hetero) is 1. The van der Waals surface area contributed by atoms with Crippen LogP contribution < -0.4 is 0 Å². The van der Waals surface area contributed by atoms with E-state index in [1.165, 1.54) is 0 Å². The maximum atomic E-state index is 11.4. The molecule has 4 nitrogen and oxygen atoms in total. The molecule has 0 fully saturated rings. The van der Waals surface area contributed by atoms with E-state index in [0.717, 1.165) is 5.56 Å². The number of benzene rings is 1. The monoisotopic (exact) mass is 227 g/mol. The maximum absolute atomic E-state index is 11.4. The van der Waals surface area contributed by atoms with Crippen LogP contribution in [0.5, 0.6) is 0 Å². The van der Waals surface area contributed by atoms with Gasteiger partial charge in [0, 0.05) is 35.4 Å². The molecule has 17 heavy (non-hydrogen) atoms. The number of ketones is 1. The molecule has 0 heterocycles. The predicted octanol–water partition coefficient (Wildman–Crippen LogP) is 3.33. The Morgan fingerprint density at radius 1 is 1.41 bits per heavy atom. The fourth-order valence-corrected chi connectivity index (χ4v) is 1.26. The fraction of sp³-hybridized carbons (Fsp3) is 0.308. The molecular formula is C13H13N3O. The summed E-state index contributed by atoms with van der Waals surface area (Å²) in [6.07, 6.45) is 1.05.